The topological polar surface area (TPSA) is 58.3 Å². The van der Waals surface area contributed by atoms with E-state index in [2.05, 4.69) is 44.9 Å². The molecule has 1 heterocycles. The highest BCUT2D eigenvalue weighted by atomic mass is 16.3. The van der Waals surface area contributed by atoms with Crippen LogP contribution in [0.15, 0.2) is 23.4 Å². The molecule has 0 aliphatic heterocycles. The first kappa shape index (κ1) is 20.5. The van der Waals surface area contributed by atoms with Gasteiger partial charge in [0.1, 0.15) is 0 Å². The van der Waals surface area contributed by atoms with Crippen LogP contribution in [0, 0.1) is 35.5 Å². The molecule has 0 aromatic carbocycles. The van der Waals surface area contributed by atoms with Crippen LogP contribution in [-0.4, -0.2) is 32.2 Å². The van der Waals surface area contributed by atoms with E-state index in [1.165, 1.54) is 23.3 Å². The van der Waals surface area contributed by atoms with Crippen molar-refractivity contribution in [2.45, 2.75) is 91.4 Å². The van der Waals surface area contributed by atoms with Crippen LogP contribution in [0.4, 0.5) is 0 Å². The van der Waals surface area contributed by atoms with E-state index in [9.17, 15) is 10.2 Å². The lowest BCUT2D eigenvalue weighted by Crippen LogP contribution is -2.51. The summed E-state index contributed by atoms with van der Waals surface area (Å²) < 4.78 is 2.03. The van der Waals surface area contributed by atoms with Gasteiger partial charge in [0.05, 0.1) is 18.4 Å². The van der Waals surface area contributed by atoms with Crippen LogP contribution >= 0.6 is 0 Å². The Kier molecular flexibility index (Phi) is 4.83. The lowest BCUT2D eigenvalue weighted by atomic mass is 9.48. The summed E-state index contributed by atoms with van der Waals surface area (Å²) >= 11 is 0. The zero-order valence-electron chi connectivity index (χ0n) is 19.1. The molecule has 0 amide bonds. The van der Waals surface area contributed by atoms with Gasteiger partial charge in [0.25, 0.3) is 0 Å². The molecule has 2 N–H and O–H groups in total. The van der Waals surface area contributed by atoms with Crippen LogP contribution in [0.5, 0.6) is 0 Å². The third-order valence-corrected chi connectivity index (χ3v) is 9.73. The van der Waals surface area contributed by atoms with Gasteiger partial charge in [0, 0.05) is 23.2 Å². The molecule has 30 heavy (non-hydrogen) atoms. The van der Waals surface area contributed by atoms with Crippen molar-refractivity contribution in [1.82, 2.24) is 9.78 Å². The Morgan fingerprint density at radius 2 is 1.97 bits per heavy atom. The van der Waals surface area contributed by atoms with Gasteiger partial charge in [-0.3, -0.25) is 4.68 Å². The van der Waals surface area contributed by atoms with Crippen molar-refractivity contribution < 1.29 is 10.2 Å². The molecule has 7 atom stereocenters. The van der Waals surface area contributed by atoms with E-state index in [1.807, 2.05) is 10.9 Å². The maximum absolute atomic E-state index is 11.4. The van der Waals surface area contributed by atoms with Gasteiger partial charge in [0.2, 0.25) is 0 Å². The zero-order valence-corrected chi connectivity index (χ0v) is 19.1. The van der Waals surface area contributed by atoms with Crippen LogP contribution in [0.2, 0.25) is 0 Å². The smallest absolute Gasteiger partial charge is 0.0809 e. The van der Waals surface area contributed by atoms with Gasteiger partial charge in [0.15, 0.2) is 0 Å². The quantitative estimate of drug-likeness (QED) is 0.683. The fraction of sp³-hybridized carbons (Fsp3) is 0.731. The molecule has 0 radical (unpaired) electrons. The molecule has 3 saturated carbocycles. The van der Waals surface area contributed by atoms with Gasteiger partial charge in [-0.15, -0.1) is 0 Å². The van der Waals surface area contributed by atoms with Crippen LogP contribution in [0.3, 0.4) is 0 Å². The zero-order chi connectivity index (χ0) is 21.3. The second-order valence-corrected chi connectivity index (χ2v) is 11.0. The summed E-state index contributed by atoms with van der Waals surface area (Å²) in [6.45, 7) is 9.93. The number of nitrogens with zero attached hydrogens (tertiary/aromatic N) is 2. The average molecular weight is 411 g/mol. The Labute approximate surface area is 181 Å². The molecule has 4 heteroatoms. The lowest BCUT2D eigenvalue weighted by molar-refractivity contribution is -0.0685. The summed E-state index contributed by atoms with van der Waals surface area (Å²) in [4.78, 5) is 0. The number of aliphatic hydroxyl groups excluding tert-OH is 2. The molecule has 164 valence electrons. The Hall–Kier alpha value is -1.39. The van der Waals surface area contributed by atoms with E-state index < -0.39 is 0 Å². The third kappa shape index (κ3) is 2.82. The molecular formula is C26H38N2O2. The van der Waals surface area contributed by atoms with E-state index in [4.69, 9.17) is 0 Å². The molecular weight excluding hydrogens is 372 g/mol. The number of fused-ring (bicyclic) bond motifs is 5. The van der Waals surface area contributed by atoms with Crippen LogP contribution < -0.4 is 0 Å². The normalized spacial score (nSPS) is 44.4. The fourth-order valence-electron chi connectivity index (χ4n) is 7.76. The molecule has 4 aliphatic carbocycles. The number of aliphatic hydroxyl groups is 2. The largest absolute Gasteiger partial charge is 0.393 e. The first-order valence-electron chi connectivity index (χ1n) is 12.1. The number of aryl methyl sites for hydroxylation is 1. The predicted octanol–water partition coefficient (Wildman–Crippen LogP) is 4.89. The Balaban J connectivity index is 1.47. The molecule has 0 unspecified atom stereocenters. The highest BCUT2D eigenvalue weighted by molar-refractivity contribution is 5.57. The van der Waals surface area contributed by atoms with Gasteiger partial charge >= 0.3 is 0 Å². The molecule has 1 aromatic rings. The number of hydrogen-bond acceptors (Lipinski definition) is 3. The summed E-state index contributed by atoms with van der Waals surface area (Å²) in [5.74, 6) is 1.88. The standard InChI is InChI=1S/C26H38N2O2/c1-5-28-16(2)18(15-27-28)12-17-13-23-21-7-6-19-14-20(29)8-10-25(19,3)22(21)9-11-26(23,4)24(17)30/h6,12,15,20-24,29-30H,5,7-11,13-14H2,1-4H3/b17-12-/t20-,21+,22-,23-,24-,25-,26-/m0/s1. The number of allylic oxidation sites excluding steroid dienone is 1. The second kappa shape index (κ2) is 7.06. The van der Waals surface area contributed by atoms with E-state index in [0.717, 1.165) is 50.6 Å². The van der Waals surface area contributed by atoms with E-state index in [0.29, 0.717) is 17.8 Å². The minimum atomic E-state index is -0.348. The Morgan fingerprint density at radius 1 is 1.17 bits per heavy atom. The molecule has 0 saturated heterocycles. The molecule has 4 aliphatic rings. The maximum atomic E-state index is 11.4. The SMILES string of the molecule is CCn1ncc(/C=C2/C[C@H]3[C@@H]4CC=C5C[C@@H](O)CC[C@]5(C)[C@H]4CC[C@]3(C)[C@H]2O)c1C. The molecule has 3 fully saturated rings. The summed E-state index contributed by atoms with van der Waals surface area (Å²) in [6.07, 6.45) is 13.5. The van der Waals surface area contributed by atoms with Gasteiger partial charge in [-0.2, -0.15) is 5.10 Å². The molecule has 1 aromatic heterocycles. The van der Waals surface area contributed by atoms with Crippen LogP contribution in [0.1, 0.15) is 77.0 Å². The Morgan fingerprint density at radius 3 is 2.70 bits per heavy atom. The Bertz CT molecular complexity index is 899. The van der Waals surface area contributed by atoms with Crippen LogP contribution in [-0.2, 0) is 6.54 Å². The summed E-state index contributed by atoms with van der Waals surface area (Å²) in [5, 5.41) is 26.1. The lowest BCUT2D eigenvalue weighted by Gasteiger charge is -2.57. The molecule has 0 spiro atoms. The first-order chi connectivity index (χ1) is 14.3. The van der Waals surface area contributed by atoms with Gasteiger partial charge in [-0.25, -0.2) is 0 Å². The molecule has 0 bridgehead atoms. The first-order valence-corrected chi connectivity index (χ1v) is 12.1. The summed E-state index contributed by atoms with van der Waals surface area (Å²) in [7, 11) is 0. The van der Waals surface area contributed by atoms with Crippen molar-refractivity contribution in [3.05, 3.63) is 34.7 Å². The highest BCUT2D eigenvalue weighted by Crippen LogP contribution is 2.65. The van der Waals surface area contributed by atoms with Gasteiger partial charge in [-0.1, -0.05) is 25.5 Å². The summed E-state index contributed by atoms with van der Waals surface area (Å²) in [6, 6.07) is 0. The van der Waals surface area contributed by atoms with Crippen molar-refractivity contribution in [3.63, 3.8) is 0 Å². The van der Waals surface area contributed by atoms with Crippen molar-refractivity contribution in [2.24, 2.45) is 28.6 Å². The molecule has 4 nitrogen and oxygen atoms in total. The van der Waals surface area contributed by atoms with Gasteiger partial charge < -0.3 is 10.2 Å². The van der Waals surface area contributed by atoms with E-state index >= 15 is 0 Å². The third-order valence-electron chi connectivity index (χ3n) is 9.73. The number of hydrogen-bond donors (Lipinski definition) is 2. The number of aromatic nitrogens is 2. The van der Waals surface area contributed by atoms with Crippen molar-refractivity contribution in [2.75, 3.05) is 0 Å². The van der Waals surface area contributed by atoms with Crippen molar-refractivity contribution in [3.8, 4) is 0 Å². The van der Waals surface area contributed by atoms with Gasteiger partial charge in [-0.05, 0) is 93.6 Å². The fourth-order valence-corrected chi connectivity index (χ4v) is 7.76. The number of rotatable bonds is 2. The van der Waals surface area contributed by atoms with E-state index in [-0.39, 0.29) is 23.0 Å². The second-order valence-electron chi connectivity index (χ2n) is 11.0. The van der Waals surface area contributed by atoms with Crippen LogP contribution in [0.25, 0.3) is 6.08 Å². The van der Waals surface area contributed by atoms with Crippen molar-refractivity contribution >= 4 is 6.08 Å². The maximum Gasteiger partial charge on any atom is 0.0809 e. The minimum Gasteiger partial charge on any atom is -0.393 e. The monoisotopic (exact) mass is 410 g/mol. The molecule has 5 rings (SSSR count). The minimum absolute atomic E-state index is 0.0163. The summed E-state index contributed by atoms with van der Waals surface area (Å²) in [5.41, 5.74) is 5.30. The highest BCUT2D eigenvalue weighted by Gasteiger charge is 2.59. The van der Waals surface area contributed by atoms with Crippen molar-refractivity contribution in [1.29, 1.82) is 0 Å². The average Bonchev–Trinajstić information content (AvgIpc) is 3.20. The predicted molar refractivity (Wildman–Crippen MR) is 120 cm³/mol. The van der Waals surface area contributed by atoms with E-state index in [1.54, 1.807) is 0 Å².